The van der Waals surface area contributed by atoms with Crippen LogP contribution >= 0.6 is 0 Å². The van der Waals surface area contributed by atoms with Crippen molar-refractivity contribution in [1.82, 2.24) is 19.7 Å². The maximum atomic E-state index is 13.4. The molecule has 2 fully saturated rings. The molecule has 2 aromatic heterocycles. The van der Waals surface area contributed by atoms with Crippen LogP contribution in [0.25, 0.3) is 22.4 Å². The molecule has 2 N–H and O–H groups in total. The van der Waals surface area contributed by atoms with Crippen molar-refractivity contribution < 1.29 is 35.5 Å². The molecule has 0 spiro atoms. The summed E-state index contributed by atoms with van der Waals surface area (Å²) < 4.78 is 80.7. The molecule has 3 heterocycles. The van der Waals surface area contributed by atoms with E-state index in [1.165, 1.54) is 12.1 Å². The first-order chi connectivity index (χ1) is 18.5. The fraction of sp³-hybridized carbons (Fsp3) is 0.480. The molecule has 1 amide bonds. The fourth-order valence-corrected chi connectivity index (χ4v) is 5.60. The molecule has 0 bridgehead atoms. The lowest BCUT2D eigenvalue weighted by Crippen LogP contribution is -2.44. The largest absolute Gasteiger partial charge is 0.516 e. The zero-order valence-electron chi connectivity index (χ0n) is 20.7. The van der Waals surface area contributed by atoms with Crippen LogP contribution in [0.4, 0.5) is 23.4 Å². The number of ether oxygens (including phenoxy) is 1. The smallest absolute Gasteiger partial charge is 0.375 e. The van der Waals surface area contributed by atoms with Gasteiger partial charge in [0.1, 0.15) is 17.5 Å². The van der Waals surface area contributed by atoms with E-state index in [1.807, 2.05) is 12.1 Å². The highest BCUT2D eigenvalue weighted by molar-refractivity contribution is 7.90. The fourth-order valence-electron chi connectivity index (χ4n) is 5.06. The number of carbonyl (C=O) groups is 1. The van der Waals surface area contributed by atoms with Crippen molar-refractivity contribution in [2.24, 2.45) is 5.92 Å². The average molecular weight is 570 g/mol. The van der Waals surface area contributed by atoms with Crippen LogP contribution in [0.1, 0.15) is 38.5 Å². The molecule has 0 radical (unpaired) electrons. The van der Waals surface area contributed by atoms with E-state index in [1.54, 1.807) is 12.3 Å². The lowest BCUT2D eigenvalue weighted by atomic mass is 9.87. The van der Waals surface area contributed by atoms with Gasteiger partial charge in [-0.2, -0.15) is 21.6 Å². The number of halogens is 4. The van der Waals surface area contributed by atoms with E-state index in [4.69, 9.17) is 4.74 Å². The Morgan fingerprint density at radius 2 is 1.72 bits per heavy atom. The van der Waals surface area contributed by atoms with Gasteiger partial charge in [-0.25, -0.2) is 19.1 Å². The summed E-state index contributed by atoms with van der Waals surface area (Å²) in [5.41, 5.74) is -3.45. The molecule has 1 aliphatic carbocycles. The number of imidazole rings is 1. The van der Waals surface area contributed by atoms with Crippen LogP contribution in [-0.2, 0) is 19.6 Å². The number of hydrogen-bond donors (Lipinski definition) is 2. The number of pyridine rings is 1. The van der Waals surface area contributed by atoms with Gasteiger partial charge in [-0.1, -0.05) is 0 Å². The number of hydrogen-bond acceptors (Lipinski definition) is 7. The normalized spacial score (nSPS) is 21.3. The predicted octanol–water partition coefficient (Wildman–Crippen LogP) is 4.27. The Bertz CT molecular complexity index is 1430. The molecule has 1 aliphatic heterocycles. The maximum Gasteiger partial charge on any atom is 0.516 e. The predicted molar refractivity (Wildman–Crippen MR) is 134 cm³/mol. The number of alkyl halides is 3. The first-order valence-corrected chi connectivity index (χ1v) is 14.1. The number of amides is 1. The van der Waals surface area contributed by atoms with Crippen molar-refractivity contribution in [3.63, 3.8) is 0 Å². The molecule has 2 aliphatic rings. The molecule has 0 atom stereocenters. The summed E-state index contributed by atoms with van der Waals surface area (Å²) in [7, 11) is -5.69. The molecular formula is C25H27F4N5O4S. The van der Waals surface area contributed by atoms with Crippen molar-refractivity contribution in [1.29, 1.82) is 0 Å². The number of anilines is 1. The molecule has 14 heteroatoms. The highest BCUT2D eigenvalue weighted by Crippen LogP contribution is 2.31. The molecule has 3 aromatic rings. The Balaban J connectivity index is 1.08. The van der Waals surface area contributed by atoms with Gasteiger partial charge in [0.05, 0.1) is 23.2 Å². The Morgan fingerprint density at radius 1 is 1.03 bits per heavy atom. The minimum atomic E-state index is -5.69. The van der Waals surface area contributed by atoms with Gasteiger partial charge in [0.2, 0.25) is 5.91 Å². The van der Waals surface area contributed by atoms with Crippen LogP contribution in [0.15, 0.2) is 36.5 Å². The van der Waals surface area contributed by atoms with Crippen LogP contribution in [0, 0.1) is 11.7 Å². The highest BCUT2D eigenvalue weighted by atomic mass is 32.2. The SMILES string of the molecule is O=C(NS(=O)(=O)C(F)(F)F)[C@H]1CC[C@H](OC2CCN(c3ccc(-c4nc5cc(F)ccc5[nH]4)cn3)CC2)CC1. The molecule has 0 unspecified atom stereocenters. The molecule has 210 valence electrons. The van der Waals surface area contributed by atoms with Gasteiger partial charge in [-0.05, 0) is 62.8 Å². The van der Waals surface area contributed by atoms with Crippen LogP contribution < -0.4 is 9.62 Å². The van der Waals surface area contributed by atoms with Crippen LogP contribution in [0.3, 0.4) is 0 Å². The maximum absolute atomic E-state index is 13.4. The van der Waals surface area contributed by atoms with Crippen molar-refractivity contribution >= 4 is 32.8 Å². The molecule has 1 aromatic carbocycles. The lowest BCUT2D eigenvalue weighted by Gasteiger charge is -2.36. The van der Waals surface area contributed by atoms with Gasteiger partial charge in [0.15, 0.2) is 0 Å². The first-order valence-electron chi connectivity index (χ1n) is 12.6. The van der Waals surface area contributed by atoms with Gasteiger partial charge in [-0.3, -0.25) is 4.79 Å². The monoisotopic (exact) mass is 569 g/mol. The van der Waals surface area contributed by atoms with Crippen molar-refractivity contribution in [2.45, 2.75) is 56.2 Å². The number of carbonyl (C=O) groups excluding carboxylic acids is 1. The Labute approximate surface area is 222 Å². The first kappa shape index (κ1) is 27.3. The summed E-state index contributed by atoms with van der Waals surface area (Å²) in [6.07, 6.45) is 4.62. The van der Waals surface area contributed by atoms with Crippen LogP contribution in [0.2, 0.25) is 0 Å². The van der Waals surface area contributed by atoms with Gasteiger partial charge in [-0.15, -0.1) is 0 Å². The van der Waals surface area contributed by atoms with Gasteiger partial charge < -0.3 is 14.6 Å². The zero-order valence-corrected chi connectivity index (χ0v) is 21.6. The van der Waals surface area contributed by atoms with E-state index >= 15 is 0 Å². The topological polar surface area (TPSA) is 117 Å². The number of aromatic amines is 1. The minimum absolute atomic E-state index is 0.0115. The Hall–Kier alpha value is -3.26. The third kappa shape index (κ3) is 6.16. The summed E-state index contributed by atoms with van der Waals surface area (Å²) >= 11 is 0. The molecule has 1 saturated heterocycles. The average Bonchev–Trinajstić information content (AvgIpc) is 3.32. The highest BCUT2D eigenvalue weighted by Gasteiger charge is 2.47. The number of nitrogens with one attached hydrogen (secondary N) is 2. The molecule has 5 rings (SSSR count). The number of fused-ring (bicyclic) bond motifs is 1. The van der Waals surface area contributed by atoms with Gasteiger partial charge >= 0.3 is 15.5 Å². The third-order valence-corrected chi connectivity index (χ3v) is 8.28. The van der Waals surface area contributed by atoms with E-state index in [0.717, 1.165) is 47.6 Å². The number of sulfonamides is 1. The van der Waals surface area contributed by atoms with Gasteiger partial charge in [0, 0.05) is 36.8 Å². The number of H-pyrrole nitrogens is 1. The standard InChI is InChI=1S/C25H27F4N5O4S/c26-17-4-7-20-21(13-17)32-23(31-20)16-3-8-22(30-14-16)34-11-9-19(10-12-34)38-18-5-1-15(2-6-18)24(35)33-39(36,37)25(27,28)29/h3-4,7-8,13-15,18-19H,1-2,5-6,9-12H2,(H,31,32)(H,33,35)/t15-,18-. The van der Waals surface area contributed by atoms with Gasteiger partial charge in [0.25, 0.3) is 0 Å². The van der Waals surface area contributed by atoms with Crippen molar-refractivity contribution in [3.8, 4) is 11.4 Å². The third-order valence-electron chi connectivity index (χ3n) is 7.20. The van der Waals surface area contributed by atoms with Crippen LogP contribution in [-0.4, -0.2) is 60.1 Å². The van der Waals surface area contributed by atoms with Crippen LogP contribution in [0.5, 0.6) is 0 Å². The Kier molecular flexibility index (Phi) is 7.51. The minimum Gasteiger partial charge on any atom is -0.375 e. The second-order valence-electron chi connectivity index (χ2n) is 9.86. The molecular weight excluding hydrogens is 542 g/mol. The molecule has 9 nitrogen and oxygen atoms in total. The zero-order chi connectivity index (χ0) is 27.8. The van der Waals surface area contributed by atoms with E-state index in [-0.39, 0.29) is 30.9 Å². The van der Waals surface area contributed by atoms with E-state index in [0.29, 0.717) is 24.2 Å². The number of aromatic nitrogens is 3. The second kappa shape index (κ2) is 10.7. The Morgan fingerprint density at radius 3 is 2.36 bits per heavy atom. The van der Waals surface area contributed by atoms with E-state index in [2.05, 4.69) is 19.9 Å². The van der Waals surface area contributed by atoms with E-state index < -0.39 is 27.4 Å². The van der Waals surface area contributed by atoms with E-state index in [9.17, 15) is 30.8 Å². The summed E-state index contributed by atoms with van der Waals surface area (Å²) in [5.74, 6) is -0.833. The number of benzene rings is 1. The number of piperidine rings is 1. The second-order valence-corrected chi connectivity index (χ2v) is 11.5. The van der Waals surface area contributed by atoms with Crippen molar-refractivity contribution in [3.05, 3.63) is 42.3 Å². The summed E-state index contributed by atoms with van der Waals surface area (Å²) in [5, 5.41) is 0. The number of nitrogens with zero attached hydrogens (tertiary/aromatic N) is 3. The molecule has 1 saturated carbocycles. The lowest BCUT2D eigenvalue weighted by molar-refractivity contribution is -0.126. The quantitative estimate of drug-likeness (QED) is 0.426. The van der Waals surface area contributed by atoms with Crippen molar-refractivity contribution in [2.75, 3.05) is 18.0 Å². The summed E-state index contributed by atoms with van der Waals surface area (Å²) in [6, 6.07) is 8.21. The number of rotatable bonds is 6. The summed E-state index contributed by atoms with van der Waals surface area (Å²) in [6.45, 7) is 1.46. The molecule has 39 heavy (non-hydrogen) atoms. The summed E-state index contributed by atoms with van der Waals surface area (Å²) in [4.78, 5) is 26.3.